The normalized spacial score (nSPS) is 18.1. The summed E-state index contributed by atoms with van der Waals surface area (Å²) in [6, 6.07) is 8.32. The molecule has 0 aliphatic carbocycles. The summed E-state index contributed by atoms with van der Waals surface area (Å²) in [5.74, 6) is 0. The summed E-state index contributed by atoms with van der Waals surface area (Å²) in [5, 5.41) is 3.44. The molecule has 0 bridgehead atoms. The third-order valence-corrected chi connectivity index (χ3v) is 3.46. The lowest BCUT2D eigenvalue weighted by Crippen LogP contribution is -2.54. The average Bonchev–Trinajstić information content (AvgIpc) is 2.22. The number of rotatable bonds is 5. The molecular formula is C12H17BrN2O. The van der Waals surface area contributed by atoms with Crippen LogP contribution in [-0.4, -0.2) is 26.3 Å². The van der Waals surface area contributed by atoms with Gasteiger partial charge >= 0.3 is 0 Å². The Hall–Kier alpha value is -0.420. The molecule has 1 aromatic carbocycles. The predicted octanol–water partition coefficient (Wildman–Crippen LogP) is 1.51. The lowest BCUT2D eigenvalue weighted by atomic mass is 9.86. The molecule has 16 heavy (non-hydrogen) atoms. The van der Waals surface area contributed by atoms with Gasteiger partial charge in [0, 0.05) is 29.5 Å². The maximum absolute atomic E-state index is 5.74. The van der Waals surface area contributed by atoms with E-state index < -0.39 is 0 Å². The zero-order chi connectivity index (χ0) is 11.4. The van der Waals surface area contributed by atoms with Crippen LogP contribution in [0.5, 0.6) is 0 Å². The summed E-state index contributed by atoms with van der Waals surface area (Å²) in [5.41, 5.74) is 7.20. The van der Waals surface area contributed by atoms with Gasteiger partial charge in [-0.3, -0.25) is 0 Å². The fourth-order valence-electron chi connectivity index (χ4n) is 1.80. The van der Waals surface area contributed by atoms with Crippen molar-refractivity contribution in [1.82, 2.24) is 5.32 Å². The topological polar surface area (TPSA) is 47.3 Å². The van der Waals surface area contributed by atoms with E-state index in [0.717, 1.165) is 30.8 Å². The molecule has 88 valence electrons. The van der Waals surface area contributed by atoms with Gasteiger partial charge in [-0.25, -0.2) is 0 Å². The number of benzene rings is 1. The van der Waals surface area contributed by atoms with Crippen LogP contribution < -0.4 is 11.1 Å². The highest BCUT2D eigenvalue weighted by molar-refractivity contribution is 9.10. The molecule has 1 aromatic rings. The van der Waals surface area contributed by atoms with Crippen LogP contribution in [0.25, 0.3) is 0 Å². The number of nitrogens with two attached hydrogens (primary N) is 1. The first-order valence-corrected chi connectivity index (χ1v) is 6.26. The molecule has 4 heteroatoms. The molecule has 1 saturated heterocycles. The highest BCUT2D eigenvalue weighted by atomic mass is 79.9. The third kappa shape index (κ3) is 2.83. The van der Waals surface area contributed by atoms with Crippen LogP contribution in [0.2, 0.25) is 0 Å². The summed E-state index contributed by atoms with van der Waals surface area (Å²) in [4.78, 5) is 0. The van der Waals surface area contributed by atoms with Gasteiger partial charge in [0.1, 0.15) is 0 Å². The van der Waals surface area contributed by atoms with Crippen LogP contribution in [0, 0.1) is 5.41 Å². The van der Waals surface area contributed by atoms with Gasteiger partial charge in [-0.1, -0.05) is 28.1 Å². The van der Waals surface area contributed by atoms with Crippen molar-refractivity contribution in [2.75, 3.05) is 26.3 Å². The molecule has 3 nitrogen and oxygen atoms in total. The second-order valence-corrected chi connectivity index (χ2v) is 5.35. The predicted molar refractivity (Wildman–Crippen MR) is 68.2 cm³/mol. The Morgan fingerprint density at radius 2 is 2.25 bits per heavy atom. The zero-order valence-corrected chi connectivity index (χ0v) is 10.8. The lowest BCUT2D eigenvalue weighted by molar-refractivity contribution is -0.105. The molecule has 2 rings (SSSR count). The summed E-state index contributed by atoms with van der Waals surface area (Å²) < 4.78 is 6.34. The standard InChI is InChI=1S/C12H17BrN2O/c13-11-3-1-2-10(4-11)5-15-7-12(6-14)8-16-9-12/h1-4,15H,5-9,14H2. The number of halogens is 1. The van der Waals surface area contributed by atoms with Crippen molar-refractivity contribution in [3.63, 3.8) is 0 Å². The number of hydrogen-bond acceptors (Lipinski definition) is 3. The minimum absolute atomic E-state index is 0.173. The first-order chi connectivity index (χ1) is 7.74. The van der Waals surface area contributed by atoms with Crippen molar-refractivity contribution in [2.45, 2.75) is 6.54 Å². The molecule has 0 spiro atoms. The van der Waals surface area contributed by atoms with Gasteiger partial charge in [0.05, 0.1) is 13.2 Å². The van der Waals surface area contributed by atoms with E-state index in [1.54, 1.807) is 0 Å². The number of ether oxygens (including phenoxy) is 1. The van der Waals surface area contributed by atoms with E-state index in [4.69, 9.17) is 10.5 Å². The Balaban J connectivity index is 1.79. The Morgan fingerprint density at radius 3 is 2.81 bits per heavy atom. The van der Waals surface area contributed by atoms with Crippen LogP contribution in [0.1, 0.15) is 5.56 Å². The summed E-state index contributed by atoms with van der Waals surface area (Å²) >= 11 is 3.46. The quantitative estimate of drug-likeness (QED) is 0.862. The molecule has 1 fully saturated rings. The highest BCUT2D eigenvalue weighted by Crippen LogP contribution is 2.24. The van der Waals surface area contributed by atoms with Crippen molar-refractivity contribution in [1.29, 1.82) is 0 Å². The van der Waals surface area contributed by atoms with Crippen LogP contribution in [0.3, 0.4) is 0 Å². The fourth-order valence-corrected chi connectivity index (χ4v) is 2.25. The van der Waals surface area contributed by atoms with Gasteiger partial charge in [-0.15, -0.1) is 0 Å². The van der Waals surface area contributed by atoms with Crippen LogP contribution in [0.4, 0.5) is 0 Å². The van der Waals surface area contributed by atoms with Crippen molar-refractivity contribution in [2.24, 2.45) is 11.1 Å². The maximum Gasteiger partial charge on any atom is 0.0569 e. The highest BCUT2D eigenvalue weighted by Gasteiger charge is 2.36. The molecule has 0 saturated carbocycles. The molecule has 0 unspecified atom stereocenters. The van der Waals surface area contributed by atoms with Crippen molar-refractivity contribution < 1.29 is 4.74 Å². The van der Waals surface area contributed by atoms with E-state index in [2.05, 4.69) is 33.4 Å². The molecule has 0 atom stereocenters. The lowest BCUT2D eigenvalue weighted by Gasteiger charge is -2.40. The van der Waals surface area contributed by atoms with Gasteiger partial charge in [0.2, 0.25) is 0 Å². The summed E-state index contributed by atoms with van der Waals surface area (Å²) in [6.07, 6.45) is 0. The van der Waals surface area contributed by atoms with Gasteiger partial charge in [0.25, 0.3) is 0 Å². The van der Waals surface area contributed by atoms with E-state index in [1.807, 2.05) is 12.1 Å². The minimum Gasteiger partial charge on any atom is -0.380 e. The van der Waals surface area contributed by atoms with Crippen molar-refractivity contribution in [3.05, 3.63) is 34.3 Å². The Morgan fingerprint density at radius 1 is 1.44 bits per heavy atom. The van der Waals surface area contributed by atoms with E-state index in [9.17, 15) is 0 Å². The molecule has 0 amide bonds. The van der Waals surface area contributed by atoms with Crippen molar-refractivity contribution in [3.8, 4) is 0 Å². The molecule has 0 radical (unpaired) electrons. The second-order valence-electron chi connectivity index (χ2n) is 4.43. The first kappa shape index (κ1) is 12.0. The van der Waals surface area contributed by atoms with Gasteiger partial charge in [-0.05, 0) is 17.7 Å². The number of hydrogen-bond donors (Lipinski definition) is 2. The molecule has 3 N–H and O–H groups in total. The molecule has 1 aliphatic rings. The van der Waals surface area contributed by atoms with Crippen LogP contribution in [-0.2, 0) is 11.3 Å². The fraction of sp³-hybridized carbons (Fsp3) is 0.500. The minimum atomic E-state index is 0.173. The van der Waals surface area contributed by atoms with Gasteiger partial charge < -0.3 is 15.8 Å². The SMILES string of the molecule is NCC1(CNCc2cccc(Br)c2)COC1. The smallest absolute Gasteiger partial charge is 0.0569 e. The largest absolute Gasteiger partial charge is 0.380 e. The second kappa shape index (κ2) is 5.27. The maximum atomic E-state index is 5.74. The van der Waals surface area contributed by atoms with Crippen molar-refractivity contribution >= 4 is 15.9 Å². The zero-order valence-electron chi connectivity index (χ0n) is 9.21. The van der Waals surface area contributed by atoms with Crippen LogP contribution in [0.15, 0.2) is 28.7 Å². The van der Waals surface area contributed by atoms with E-state index in [-0.39, 0.29) is 5.41 Å². The Bertz CT molecular complexity index is 347. The average molecular weight is 285 g/mol. The van der Waals surface area contributed by atoms with E-state index >= 15 is 0 Å². The summed E-state index contributed by atoms with van der Waals surface area (Å²) in [6.45, 7) is 4.07. The first-order valence-electron chi connectivity index (χ1n) is 5.47. The summed E-state index contributed by atoms with van der Waals surface area (Å²) in [7, 11) is 0. The number of nitrogens with one attached hydrogen (secondary N) is 1. The third-order valence-electron chi connectivity index (χ3n) is 2.97. The van der Waals surface area contributed by atoms with E-state index in [1.165, 1.54) is 5.56 Å². The van der Waals surface area contributed by atoms with Gasteiger partial charge in [0.15, 0.2) is 0 Å². The monoisotopic (exact) mass is 284 g/mol. The molecular weight excluding hydrogens is 268 g/mol. The Kier molecular flexibility index (Phi) is 3.97. The molecule has 1 aliphatic heterocycles. The van der Waals surface area contributed by atoms with Crippen LogP contribution >= 0.6 is 15.9 Å². The van der Waals surface area contributed by atoms with E-state index in [0.29, 0.717) is 6.54 Å². The molecule has 1 heterocycles. The Labute approximate surface area is 104 Å². The molecule has 0 aromatic heterocycles. The van der Waals surface area contributed by atoms with Gasteiger partial charge in [-0.2, -0.15) is 0 Å².